The van der Waals surface area contributed by atoms with Crippen molar-refractivity contribution in [1.82, 2.24) is 15.1 Å². The molecule has 0 saturated carbocycles. The Labute approximate surface area is 114 Å². The minimum Gasteiger partial charge on any atom is -0.310 e. The molecule has 0 spiro atoms. The lowest BCUT2D eigenvalue weighted by Crippen LogP contribution is -2.51. The van der Waals surface area contributed by atoms with Crippen LogP contribution >= 0.6 is 0 Å². The van der Waals surface area contributed by atoms with Crippen LogP contribution in [0.3, 0.4) is 0 Å². The summed E-state index contributed by atoms with van der Waals surface area (Å²) in [5.41, 5.74) is 0.266. The van der Waals surface area contributed by atoms with E-state index in [-0.39, 0.29) is 5.54 Å². The van der Waals surface area contributed by atoms with Crippen molar-refractivity contribution >= 4 is 0 Å². The van der Waals surface area contributed by atoms with Crippen molar-refractivity contribution in [3.05, 3.63) is 0 Å². The fourth-order valence-corrected chi connectivity index (χ4v) is 2.46. The van der Waals surface area contributed by atoms with Crippen LogP contribution in [0.5, 0.6) is 0 Å². The number of likely N-dealkylation sites (tertiary alicyclic amines) is 1. The van der Waals surface area contributed by atoms with Crippen LogP contribution in [0.1, 0.15) is 47.0 Å². The standard InChI is InChI=1S/C15H33N3/c1-7-15(3,4)16-12-13(2)18(6)14-8-10-17(5)11-9-14/h13-14,16H,7-12H2,1-6H3. The topological polar surface area (TPSA) is 18.5 Å². The quantitative estimate of drug-likeness (QED) is 0.785. The van der Waals surface area contributed by atoms with Gasteiger partial charge in [0.1, 0.15) is 0 Å². The summed E-state index contributed by atoms with van der Waals surface area (Å²) in [5, 5.41) is 3.69. The SMILES string of the molecule is CCC(C)(C)NCC(C)N(C)C1CCN(C)CC1. The number of hydrogen-bond donors (Lipinski definition) is 1. The summed E-state index contributed by atoms with van der Waals surface area (Å²) < 4.78 is 0. The van der Waals surface area contributed by atoms with Crippen LogP contribution in [0.2, 0.25) is 0 Å². The van der Waals surface area contributed by atoms with Crippen molar-refractivity contribution in [2.75, 3.05) is 33.7 Å². The second-order valence-electron chi connectivity index (χ2n) is 6.67. The van der Waals surface area contributed by atoms with E-state index >= 15 is 0 Å². The van der Waals surface area contributed by atoms with Crippen molar-refractivity contribution in [2.24, 2.45) is 0 Å². The monoisotopic (exact) mass is 255 g/mol. The van der Waals surface area contributed by atoms with Crippen molar-refractivity contribution < 1.29 is 0 Å². The lowest BCUT2D eigenvalue weighted by atomic mass is 10.0. The molecule has 1 heterocycles. The van der Waals surface area contributed by atoms with Gasteiger partial charge in [0.2, 0.25) is 0 Å². The highest BCUT2D eigenvalue weighted by Gasteiger charge is 2.24. The Kier molecular flexibility index (Phi) is 6.09. The fourth-order valence-electron chi connectivity index (χ4n) is 2.46. The van der Waals surface area contributed by atoms with Gasteiger partial charge in [-0.3, -0.25) is 4.90 Å². The largest absolute Gasteiger partial charge is 0.310 e. The molecule has 1 unspecified atom stereocenters. The molecule has 3 heteroatoms. The fraction of sp³-hybridized carbons (Fsp3) is 1.00. The summed E-state index contributed by atoms with van der Waals surface area (Å²) in [6.07, 6.45) is 3.81. The van der Waals surface area contributed by atoms with E-state index in [1.807, 2.05) is 0 Å². The predicted octanol–water partition coefficient (Wildman–Crippen LogP) is 2.18. The van der Waals surface area contributed by atoms with Gasteiger partial charge < -0.3 is 10.2 Å². The summed E-state index contributed by atoms with van der Waals surface area (Å²) in [6, 6.07) is 1.38. The van der Waals surface area contributed by atoms with Crippen molar-refractivity contribution in [3.8, 4) is 0 Å². The van der Waals surface area contributed by atoms with E-state index in [0.717, 1.165) is 12.6 Å². The van der Waals surface area contributed by atoms with Gasteiger partial charge in [0, 0.05) is 24.2 Å². The molecular weight excluding hydrogens is 222 g/mol. The van der Waals surface area contributed by atoms with Crippen LogP contribution in [0, 0.1) is 0 Å². The molecule has 3 nitrogen and oxygen atoms in total. The molecule has 1 rings (SSSR count). The second kappa shape index (κ2) is 6.88. The minimum atomic E-state index is 0.266. The molecule has 0 amide bonds. The van der Waals surface area contributed by atoms with E-state index in [2.05, 4.69) is 56.9 Å². The molecule has 0 aromatic heterocycles. The van der Waals surface area contributed by atoms with Crippen LogP contribution in [-0.4, -0.2) is 61.2 Å². The Balaban J connectivity index is 2.34. The number of likely N-dealkylation sites (N-methyl/N-ethyl adjacent to an activating group) is 1. The first kappa shape index (κ1) is 15.9. The number of nitrogens with zero attached hydrogens (tertiary/aromatic N) is 2. The summed E-state index contributed by atoms with van der Waals surface area (Å²) in [5.74, 6) is 0. The van der Waals surface area contributed by atoms with Gasteiger partial charge in [-0.1, -0.05) is 6.92 Å². The molecule has 0 aromatic rings. The Bertz CT molecular complexity index is 232. The van der Waals surface area contributed by atoms with Gasteiger partial charge in [-0.25, -0.2) is 0 Å². The highest BCUT2D eigenvalue weighted by atomic mass is 15.2. The van der Waals surface area contributed by atoms with Gasteiger partial charge in [0.05, 0.1) is 0 Å². The van der Waals surface area contributed by atoms with Crippen LogP contribution in [0.4, 0.5) is 0 Å². The molecule has 1 saturated heterocycles. The first-order chi connectivity index (χ1) is 8.35. The van der Waals surface area contributed by atoms with E-state index in [9.17, 15) is 0 Å². The molecule has 0 bridgehead atoms. The highest BCUT2D eigenvalue weighted by Crippen LogP contribution is 2.16. The summed E-state index contributed by atoms with van der Waals surface area (Å²) >= 11 is 0. The van der Waals surface area contributed by atoms with Crippen LogP contribution < -0.4 is 5.32 Å². The van der Waals surface area contributed by atoms with Crippen molar-refractivity contribution in [1.29, 1.82) is 0 Å². The molecule has 0 aliphatic carbocycles. The summed E-state index contributed by atoms with van der Waals surface area (Å²) in [6.45, 7) is 12.7. The minimum absolute atomic E-state index is 0.266. The third kappa shape index (κ3) is 4.87. The average molecular weight is 255 g/mol. The maximum Gasteiger partial charge on any atom is 0.0192 e. The van der Waals surface area contributed by atoms with E-state index < -0.39 is 0 Å². The van der Waals surface area contributed by atoms with Gasteiger partial charge in [0.15, 0.2) is 0 Å². The maximum atomic E-state index is 3.69. The highest BCUT2D eigenvalue weighted by molar-refractivity contribution is 4.83. The van der Waals surface area contributed by atoms with Gasteiger partial charge in [-0.05, 0) is 67.2 Å². The van der Waals surface area contributed by atoms with Gasteiger partial charge in [-0.2, -0.15) is 0 Å². The zero-order chi connectivity index (χ0) is 13.8. The smallest absolute Gasteiger partial charge is 0.0192 e. The third-order valence-electron chi connectivity index (χ3n) is 4.72. The van der Waals surface area contributed by atoms with Gasteiger partial charge >= 0.3 is 0 Å². The number of piperidine rings is 1. The van der Waals surface area contributed by atoms with Crippen molar-refractivity contribution in [2.45, 2.75) is 64.6 Å². The summed E-state index contributed by atoms with van der Waals surface area (Å²) in [7, 11) is 4.52. The van der Waals surface area contributed by atoms with Crippen LogP contribution in [0.25, 0.3) is 0 Å². The first-order valence-electron chi connectivity index (χ1n) is 7.51. The predicted molar refractivity (Wildman–Crippen MR) is 80.1 cm³/mol. The Hall–Kier alpha value is -0.120. The average Bonchev–Trinajstić information content (AvgIpc) is 2.36. The molecule has 1 aliphatic rings. The Morgan fingerprint density at radius 2 is 1.89 bits per heavy atom. The molecule has 1 aliphatic heterocycles. The van der Waals surface area contributed by atoms with E-state index in [0.29, 0.717) is 6.04 Å². The van der Waals surface area contributed by atoms with E-state index in [4.69, 9.17) is 0 Å². The van der Waals surface area contributed by atoms with E-state index in [1.165, 1.54) is 32.4 Å². The molecule has 1 N–H and O–H groups in total. The summed E-state index contributed by atoms with van der Waals surface area (Å²) in [4.78, 5) is 5.01. The molecular formula is C15H33N3. The molecule has 108 valence electrons. The molecule has 0 aromatic carbocycles. The maximum absolute atomic E-state index is 3.69. The first-order valence-corrected chi connectivity index (χ1v) is 7.51. The molecule has 0 radical (unpaired) electrons. The number of hydrogen-bond acceptors (Lipinski definition) is 3. The van der Waals surface area contributed by atoms with Gasteiger partial charge in [-0.15, -0.1) is 0 Å². The van der Waals surface area contributed by atoms with Crippen LogP contribution in [0.15, 0.2) is 0 Å². The number of rotatable bonds is 6. The lowest BCUT2D eigenvalue weighted by Gasteiger charge is -2.39. The Morgan fingerprint density at radius 1 is 1.33 bits per heavy atom. The zero-order valence-electron chi connectivity index (χ0n) is 13.3. The van der Waals surface area contributed by atoms with E-state index in [1.54, 1.807) is 0 Å². The molecule has 1 fully saturated rings. The Morgan fingerprint density at radius 3 is 2.39 bits per heavy atom. The third-order valence-corrected chi connectivity index (χ3v) is 4.72. The molecule has 18 heavy (non-hydrogen) atoms. The lowest BCUT2D eigenvalue weighted by molar-refractivity contribution is 0.109. The second-order valence-corrected chi connectivity index (χ2v) is 6.67. The van der Waals surface area contributed by atoms with Gasteiger partial charge in [0.25, 0.3) is 0 Å². The normalized spacial score (nSPS) is 21.5. The molecule has 1 atom stereocenters. The zero-order valence-corrected chi connectivity index (χ0v) is 13.3. The van der Waals surface area contributed by atoms with Crippen LogP contribution in [-0.2, 0) is 0 Å². The van der Waals surface area contributed by atoms with Crippen molar-refractivity contribution in [3.63, 3.8) is 0 Å². The number of nitrogens with one attached hydrogen (secondary N) is 1.